The van der Waals surface area contributed by atoms with Crippen LogP contribution in [0.3, 0.4) is 0 Å². The number of terminal acetylenes is 1. The third-order valence-corrected chi connectivity index (χ3v) is 3.09. The molecule has 0 unspecified atom stereocenters. The lowest BCUT2D eigenvalue weighted by molar-refractivity contribution is 0.983. The fraction of sp³-hybridized carbons (Fsp3) is 0.429. The Labute approximate surface area is 79.8 Å². The van der Waals surface area contributed by atoms with Crippen molar-refractivity contribution in [3.63, 3.8) is 0 Å². The zero-order valence-corrected chi connectivity index (χ0v) is 8.12. The number of nitrogens with two attached hydrogens (primary N) is 1. The second-order valence-electron chi connectivity index (χ2n) is 2.06. The largest absolute Gasteiger partial charge is 0.374 e. The van der Waals surface area contributed by atoms with E-state index >= 15 is 0 Å². The highest BCUT2D eigenvalue weighted by Crippen LogP contribution is 2.23. The van der Waals surface area contributed by atoms with Crippen molar-refractivity contribution in [3.8, 4) is 12.3 Å². The molecule has 0 aliphatic carbocycles. The highest BCUT2D eigenvalue weighted by Gasteiger charge is 1.99. The van der Waals surface area contributed by atoms with Crippen LogP contribution in [-0.2, 0) is 0 Å². The van der Waals surface area contributed by atoms with E-state index in [0.29, 0.717) is 5.13 Å². The van der Waals surface area contributed by atoms with Crippen molar-refractivity contribution in [1.29, 1.82) is 0 Å². The maximum atomic E-state index is 5.41. The zero-order chi connectivity index (χ0) is 8.81. The standard InChI is InChI=1S/C7H9N3S2/c1-2-3-4-5-11-7-10-9-6(8)12-7/h1H,3-5H2,(H2,8,9). The molecule has 1 rings (SSSR count). The summed E-state index contributed by atoms with van der Waals surface area (Å²) in [5.41, 5.74) is 5.41. The van der Waals surface area contributed by atoms with Gasteiger partial charge < -0.3 is 5.73 Å². The molecule has 2 N–H and O–H groups in total. The molecule has 0 saturated heterocycles. The first kappa shape index (κ1) is 9.36. The van der Waals surface area contributed by atoms with Crippen LogP contribution in [0.25, 0.3) is 0 Å². The van der Waals surface area contributed by atoms with E-state index in [1.807, 2.05) is 0 Å². The van der Waals surface area contributed by atoms with Crippen molar-refractivity contribution in [1.82, 2.24) is 10.2 Å². The Morgan fingerprint density at radius 1 is 1.58 bits per heavy atom. The van der Waals surface area contributed by atoms with Gasteiger partial charge in [-0.15, -0.1) is 22.5 Å². The molecular weight excluding hydrogens is 190 g/mol. The molecule has 0 radical (unpaired) electrons. The van der Waals surface area contributed by atoms with Gasteiger partial charge in [-0.1, -0.05) is 23.1 Å². The van der Waals surface area contributed by atoms with Gasteiger partial charge in [0.2, 0.25) is 5.13 Å². The fourth-order valence-electron chi connectivity index (χ4n) is 0.612. The Morgan fingerprint density at radius 3 is 3.00 bits per heavy atom. The molecule has 1 aromatic heterocycles. The average Bonchev–Trinajstić information content (AvgIpc) is 2.45. The van der Waals surface area contributed by atoms with Crippen molar-refractivity contribution in [2.24, 2.45) is 0 Å². The van der Waals surface area contributed by atoms with E-state index in [-0.39, 0.29) is 0 Å². The minimum atomic E-state index is 0.523. The Balaban J connectivity index is 2.21. The molecule has 0 aromatic carbocycles. The Bertz CT molecular complexity index is 276. The first-order valence-electron chi connectivity index (χ1n) is 3.48. The second-order valence-corrected chi connectivity index (χ2v) is 4.41. The van der Waals surface area contributed by atoms with Crippen molar-refractivity contribution in [3.05, 3.63) is 0 Å². The normalized spacial score (nSPS) is 9.58. The molecule has 3 nitrogen and oxygen atoms in total. The Kier molecular flexibility index (Phi) is 3.91. The van der Waals surface area contributed by atoms with Crippen LogP contribution in [0, 0.1) is 12.3 Å². The van der Waals surface area contributed by atoms with Gasteiger partial charge in [0, 0.05) is 12.2 Å². The lowest BCUT2D eigenvalue weighted by Crippen LogP contribution is -1.80. The molecule has 0 spiro atoms. The number of hydrogen-bond donors (Lipinski definition) is 1. The van der Waals surface area contributed by atoms with Gasteiger partial charge in [0.1, 0.15) is 0 Å². The van der Waals surface area contributed by atoms with Crippen LogP contribution >= 0.6 is 23.1 Å². The van der Waals surface area contributed by atoms with E-state index in [4.69, 9.17) is 12.2 Å². The van der Waals surface area contributed by atoms with Gasteiger partial charge in [-0.05, 0) is 6.42 Å². The number of anilines is 1. The van der Waals surface area contributed by atoms with Crippen molar-refractivity contribution in [2.45, 2.75) is 17.2 Å². The maximum Gasteiger partial charge on any atom is 0.203 e. The van der Waals surface area contributed by atoms with E-state index in [2.05, 4.69) is 16.1 Å². The summed E-state index contributed by atoms with van der Waals surface area (Å²) in [7, 11) is 0. The molecule has 0 amide bonds. The van der Waals surface area contributed by atoms with Crippen LogP contribution in [0.1, 0.15) is 12.8 Å². The number of unbranched alkanes of at least 4 members (excludes halogenated alkanes) is 1. The van der Waals surface area contributed by atoms with Crippen LogP contribution in [0.4, 0.5) is 5.13 Å². The highest BCUT2D eigenvalue weighted by molar-refractivity contribution is 8.01. The van der Waals surface area contributed by atoms with Gasteiger partial charge in [0.25, 0.3) is 0 Å². The minimum Gasteiger partial charge on any atom is -0.374 e. The topological polar surface area (TPSA) is 51.8 Å². The van der Waals surface area contributed by atoms with Crippen LogP contribution in [0.15, 0.2) is 4.34 Å². The molecule has 12 heavy (non-hydrogen) atoms. The van der Waals surface area contributed by atoms with Crippen LogP contribution in [-0.4, -0.2) is 16.0 Å². The second kappa shape index (κ2) is 5.01. The molecule has 64 valence electrons. The van der Waals surface area contributed by atoms with Crippen molar-refractivity contribution < 1.29 is 0 Å². The van der Waals surface area contributed by atoms with E-state index in [1.165, 1.54) is 11.3 Å². The molecule has 0 fully saturated rings. The number of hydrogen-bond acceptors (Lipinski definition) is 5. The molecule has 1 heterocycles. The number of thioether (sulfide) groups is 1. The molecular formula is C7H9N3S2. The third kappa shape index (κ3) is 3.11. The van der Waals surface area contributed by atoms with Gasteiger partial charge in [0.15, 0.2) is 4.34 Å². The fourth-order valence-corrected chi connectivity index (χ4v) is 2.26. The summed E-state index contributed by atoms with van der Waals surface area (Å²) in [5, 5.41) is 8.09. The summed E-state index contributed by atoms with van der Waals surface area (Å²) in [4.78, 5) is 0. The predicted octanol–water partition coefficient (Wildman–Crippen LogP) is 1.63. The molecule has 0 aliphatic rings. The molecule has 5 heteroatoms. The van der Waals surface area contributed by atoms with Gasteiger partial charge in [-0.3, -0.25) is 0 Å². The van der Waals surface area contributed by atoms with Crippen molar-refractivity contribution in [2.75, 3.05) is 11.5 Å². The number of aromatic nitrogens is 2. The summed E-state index contributed by atoms with van der Waals surface area (Å²) in [6, 6.07) is 0. The highest BCUT2D eigenvalue weighted by atomic mass is 32.2. The summed E-state index contributed by atoms with van der Waals surface area (Å²) >= 11 is 3.06. The molecule has 0 bridgehead atoms. The summed E-state index contributed by atoms with van der Waals surface area (Å²) in [6.07, 6.45) is 6.94. The number of nitrogen functional groups attached to an aromatic ring is 1. The average molecular weight is 199 g/mol. The molecule has 0 saturated carbocycles. The monoisotopic (exact) mass is 199 g/mol. The maximum absolute atomic E-state index is 5.41. The Hall–Kier alpha value is -0.730. The SMILES string of the molecule is C#CCCCSc1nnc(N)s1. The van der Waals surface area contributed by atoms with E-state index < -0.39 is 0 Å². The first-order valence-corrected chi connectivity index (χ1v) is 5.28. The van der Waals surface area contributed by atoms with Gasteiger partial charge >= 0.3 is 0 Å². The lowest BCUT2D eigenvalue weighted by Gasteiger charge is -1.91. The summed E-state index contributed by atoms with van der Waals surface area (Å²) in [6.45, 7) is 0. The third-order valence-electron chi connectivity index (χ3n) is 1.11. The number of rotatable bonds is 4. The quantitative estimate of drug-likeness (QED) is 0.455. The zero-order valence-electron chi connectivity index (χ0n) is 6.49. The van der Waals surface area contributed by atoms with Crippen LogP contribution in [0.5, 0.6) is 0 Å². The summed E-state index contributed by atoms with van der Waals surface area (Å²) < 4.78 is 0.921. The Morgan fingerprint density at radius 2 is 2.42 bits per heavy atom. The van der Waals surface area contributed by atoms with E-state index in [0.717, 1.165) is 22.9 Å². The minimum absolute atomic E-state index is 0.523. The van der Waals surface area contributed by atoms with Crippen LogP contribution in [0.2, 0.25) is 0 Å². The predicted molar refractivity (Wildman–Crippen MR) is 53.1 cm³/mol. The van der Waals surface area contributed by atoms with Gasteiger partial charge in [-0.2, -0.15) is 0 Å². The van der Waals surface area contributed by atoms with E-state index in [9.17, 15) is 0 Å². The van der Waals surface area contributed by atoms with Crippen molar-refractivity contribution >= 4 is 28.2 Å². The molecule has 1 aromatic rings. The van der Waals surface area contributed by atoms with Crippen LogP contribution < -0.4 is 5.73 Å². The molecule has 0 atom stereocenters. The van der Waals surface area contributed by atoms with Gasteiger partial charge in [0.05, 0.1) is 0 Å². The van der Waals surface area contributed by atoms with Gasteiger partial charge in [-0.25, -0.2) is 0 Å². The summed E-state index contributed by atoms with van der Waals surface area (Å²) in [5.74, 6) is 3.57. The smallest absolute Gasteiger partial charge is 0.203 e. The first-order chi connectivity index (χ1) is 5.83. The lowest BCUT2D eigenvalue weighted by atomic mass is 10.4. The van der Waals surface area contributed by atoms with E-state index in [1.54, 1.807) is 11.8 Å². The molecule has 0 aliphatic heterocycles. The number of nitrogens with zero attached hydrogens (tertiary/aromatic N) is 2.